The van der Waals surface area contributed by atoms with Gasteiger partial charge in [0.25, 0.3) is 0 Å². The Morgan fingerprint density at radius 3 is 2.62 bits per heavy atom. The van der Waals surface area contributed by atoms with E-state index in [0.717, 1.165) is 22.6 Å². The van der Waals surface area contributed by atoms with Crippen LogP contribution in [0.1, 0.15) is 13.3 Å². The molecule has 50 valence electrons. The quantitative estimate of drug-likeness (QED) is 0.495. The van der Waals surface area contributed by atoms with Crippen molar-refractivity contribution in [2.24, 2.45) is 5.73 Å². The first-order valence-corrected chi connectivity index (χ1v) is 5.25. The Morgan fingerprint density at radius 2 is 2.50 bits per heavy atom. The van der Waals surface area contributed by atoms with Crippen molar-refractivity contribution in [3.63, 3.8) is 0 Å². The van der Waals surface area contributed by atoms with Gasteiger partial charge in [0.15, 0.2) is 0 Å². The largest absolute Gasteiger partial charge is 0.468 e. The maximum atomic E-state index is 5.44. The molecule has 4 heteroatoms. The highest BCUT2D eigenvalue weighted by atomic mass is 28.3. The van der Waals surface area contributed by atoms with Crippen LogP contribution < -0.4 is 5.73 Å². The summed E-state index contributed by atoms with van der Waals surface area (Å²) in [6.45, 7) is 3.00. The van der Waals surface area contributed by atoms with Gasteiger partial charge in [0, 0.05) is 0 Å². The van der Waals surface area contributed by atoms with Crippen LogP contribution in [-0.4, -0.2) is 26.8 Å². The highest BCUT2D eigenvalue weighted by Gasteiger charge is 2.01. The molecule has 2 N–H and O–H groups in total. The van der Waals surface area contributed by atoms with Crippen LogP contribution in [-0.2, 0) is 4.12 Å². The summed E-state index contributed by atoms with van der Waals surface area (Å²) in [4.78, 5) is 0. The second-order valence-corrected chi connectivity index (χ2v) is 5.76. The van der Waals surface area contributed by atoms with E-state index in [0.29, 0.717) is 0 Å². The minimum atomic E-state index is -0.228. The number of nitrogens with two attached hydrogens (primary N) is 1. The van der Waals surface area contributed by atoms with Crippen molar-refractivity contribution in [1.82, 2.24) is 0 Å². The topological polar surface area (TPSA) is 35.2 Å². The second kappa shape index (κ2) is 5.49. The molecule has 0 heterocycles. The molecule has 0 radical (unpaired) electrons. The average Bonchev–Trinajstić information content (AvgIpc) is 1.83. The Morgan fingerprint density at radius 1 is 1.88 bits per heavy atom. The molecule has 0 aromatic carbocycles. The summed E-state index contributed by atoms with van der Waals surface area (Å²) in [5, 5.41) is 0. The Balaban J connectivity index is 3.07. The van der Waals surface area contributed by atoms with Gasteiger partial charge in [-0.2, -0.15) is 0 Å². The maximum absolute atomic E-state index is 5.44. The first kappa shape index (κ1) is 8.35. The zero-order valence-electron chi connectivity index (χ0n) is 5.68. The summed E-state index contributed by atoms with van der Waals surface area (Å²) < 4.78 is 5.18. The third-order valence-corrected chi connectivity index (χ3v) is 4.03. The van der Waals surface area contributed by atoms with E-state index in [1.165, 1.54) is 6.42 Å². The van der Waals surface area contributed by atoms with Crippen LogP contribution in [0.4, 0.5) is 0 Å². The van der Waals surface area contributed by atoms with E-state index in [4.69, 9.17) is 9.85 Å². The van der Waals surface area contributed by atoms with Crippen LogP contribution in [0.15, 0.2) is 0 Å². The summed E-state index contributed by atoms with van der Waals surface area (Å²) in [5.41, 5.74) is 6.17. The van der Waals surface area contributed by atoms with E-state index in [2.05, 4.69) is 6.92 Å². The van der Waals surface area contributed by atoms with Crippen molar-refractivity contribution < 1.29 is 4.12 Å². The minimum absolute atomic E-state index is 0.228. The van der Waals surface area contributed by atoms with Gasteiger partial charge in [-0.1, -0.05) is 13.3 Å². The van der Waals surface area contributed by atoms with E-state index < -0.39 is 0 Å². The smallest absolute Gasteiger partial charge is 0.150 e. The molecule has 1 atom stereocenters. The summed E-state index contributed by atoms with van der Waals surface area (Å²) >= 11 is 0. The highest BCUT2D eigenvalue weighted by Crippen LogP contribution is 2.03. The molecule has 0 saturated heterocycles. The van der Waals surface area contributed by atoms with Crippen molar-refractivity contribution >= 4 is 20.2 Å². The fourth-order valence-corrected chi connectivity index (χ4v) is 2.85. The molecule has 0 spiro atoms. The molecule has 2 nitrogen and oxygen atoms in total. The molecule has 0 rings (SSSR count). The summed E-state index contributed by atoms with van der Waals surface area (Å²) in [5.74, 6) is 0. The number of hydrogen-bond donors (Lipinski definition) is 1. The molecule has 0 amide bonds. The fraction of sp³-hybridized carbons (Fsp3) is 1.00. The lowest BCUT2D eigenvalue weighted by molar-refractivity contribution is 0.618. The van der Waals surface area contributed by atoms with Gasteiger partial charge in [0.05, 0.1) is 0 Å². The van der Waals surface area contributed by atoms with Crippen LogP contribution in [0.3, 0.4) is 0 Å². The van der Waals surface area contributed by atoms with E-state index in [9.17, 15) is 0 Å². The SMILES string of the molecule is CCC(CN)[SiH2]O[SiH3]. The van der Waals surface area contributed by atoms with Gasteiger partial charge < -0.3 is 9.85 Å². The molecule has 8 heavy (non-hydrogen) atoms. The lowest BCUT2D eigenvalue weighted by Crippen LogP contribution is -2.15. The van der Waals surface area contributed by atoms with E-state index in [1.807, 2.05) is 0 Å². The molecule has 0 fully saturated rings. The molecule has 0 aromatic heterocycles. The number of rotatable bonds is 4. The predicted octanol–water partition coefficient (Wildman–Crippen LogP) is -1.48. The molecule has 1 unspecified atom stereocenters. The van der Waals surface area contributed by atoms with Gasteiger partial charge in [-0.25, -0.2) is 0 Å². The summed E-state index contributed by atoms with van der Waals surface area (Å²) in [7, 11) is 0.675. The first-order valence-electron chi connectivity index (χ1n) is 3.04. The van der Waals surface area contributed by atoms with Crippen molar-refractivity contribution in [3.05, 3.63) is 0 Å². The normalized spacial score (nSPS) is 15.8. The molecule has 0 aliphatic heterocycles. The Bertz CT molecular complexity index is 49.3. The standard InChI is InChI=1S/C4H15NOSi2/c1-2-4(3-5)8-6-7/h4H,2-3,5,8H2,1,7H3. The molecular weight excluding hydrogens is 134 g/mol. The van der Waals surface area contributed by atoms with Crippen LogP contribution in [0.2, 0.25) is 5.54 Å². The minimum Gasteiger partial charge on any atom is -0.468 e. The molecule has 0 saturated carbocycles. The molecular formula is C4H15NOSi2. The number of hydrogen-bond acceptors (Lipinski definition) is 2. The van der Waals surface area contributed by atoms with Gasteiger partial charge in [-0.05, 0) is 12.1 Å². The van der Waals surface area contributed by atoms with Crippen LogP contribution in [0, 0.1) is 0 Å². The zero-order valence-corrected chi connectivity index (χ0v) is 9.10. The zero-order chi connectivity index (χ0) is 6.41. The molecule has 0 aromatic rings. The van der Waals surface area contributed by atoms with Crippen molar-refractivity contribution in [2.45, 2.75) is 18.9 Å². The Kier molecular flexibility index (Phi) is 5.73. The monoisotopic (exact) mass is 149 g/mol. The van der Waals surface area contributed by atoms with Gasteiger partial charge in [-0.15, -0.1) is 0 Å². The van der Waals surface area contributed by atoms with Gasteiger partial charge >= 0.3 is 0 Å². The van der Waals surface area contributed by atoms with Crippen LogP contribution in [0.5, 0.6) is 0 Å². The maximum Gasteiger partial charge on any atom is 0.150 e. The van der Waals surface area contributed by atoms with E-state index >= 15 is 0 Å². The third-order valence-electron chi connectivity index (χ3n) is 1.31. The van der Waals surface area contributed by atoms with Crippen LogP contribution in [0.25, 0.3) is 0 Å². The molecule has 0 bridgehead atoms. The highest BCUT2D eigenvalue weighted by molar-refractivity contribution is 6.36. The van der Waals surface area contributed by atoms with Crippen LogP contribution >= 0.6 is 0 Å². The van der Waals surface area contributed by atoms with Crippen molar-refractivity contribution in [1.29, 1.82) is 0 Å². The second-order valence-electron chi connectivity index (χ2n) is 1.97. The lowest BCUT2D eigenvalue weighted by atomic mass is 10.3. The van der Waals surface area contributed by atoms with E-state index in [-0.39, 0.29) is 9.76 Å². The predicted molar refractivity (Wildman–Crippen MR) is 42.7 cm³/mol. The molecule has 0 aliphatic carbocycles. The lowest BCUT2D eigenvalue weighted by Gasteiger charge is -2.07. The third kappa shape index (κ3) is 3.37. The fourth-order valence-electron chi connectivity index (χ4n) is 0.588. The first-order chi connectivity index (χ1) is 3.85. The summed E-state index contributed by atoms with van der Waals surface area (Å²) in [6.07, 6.45) is 1.20. The van der Waals surface area contributed by atoms with Gasteiger partial charge in [0.1, 0.15) is 20.2 Å². The average molecular weight is 149 g/mol. The summed E-state index contributed by atoms with van der Waals surface area (Å²) in [6, 6.07) is 0. The van der Waals surface area contributed by atoms with Crippen molar-refractivity contribution in [2.75, 3.05) is 6.54 Å². The van der Waals surface area contributed by atoms with Crippen molar-refractivity contribution in [3.8, 4) is 0 Å². The Hall–Kier alpha value is 0.354. The van der Waals surface area contributed by atoms with E-state index in [1.54, 1.807) is 0 Å². The van der Waals surface area contributed by atoms with Gasteiger partial charge in [-0.3, -0.25) is 0 Å². The van der Waals surface area contributed by atoms with Gasteiger partial charge in [0.2, 0.25) is 0 Å². The Labute approximate surface area is 56.3 Å². The molecule has 0 aliphatic rings.